The fraction of sp³-hybridized carbons (Fsp3) is 0.562. The van der Waals surface area contributed by atoms with Gasteiger partial charge in [-0.05, 0) is 24.8 Å². The van der Waals surface area contributed by atoms with E-state index in [4.69, 9.17) is 16.3 Å². The number of carbonyl (C=O) groups excluding carboxylic acids is 1. The third kappa shape index (κ3) is 3.82. The van der Waals surface area contributed by atoms with Crippen molar-refractivity contribution in [3.8, 4) is 0 Å². The first-order valence-corrected chi connectivity index (χ1v) is 8.32. The lowest BCUT2D eigenvalue weighted by atomic mass is 9.86. The van der Waals surface area contributed by atoms with E-state index in [0.29, 0.717) is 11.0 Å². The van der Waals surface area contributed by atoms with Gasteiger partial charge >= 0.3 is 5.97 Å². The van der Waals surface area contributed by atoms with Crippen molar-refractivity contribution in [3.63, 3.8) is 0 Å². The first kappa shape index (κ1) is 16.2. The van der Waals surface area contributed by atoms with Crippen LogP contribution in [0.3, 0.4) is 0 Å². The Balaban J connectivity index is 1.70. The van der Waals surface area contributed by atoms with Crippen molar-refractivity contribution in [1.82, 2.24) is 15.3 Å². The Morgan fingerprint density at radius 3 is 3.09 bits per heavy atom. The van der Waals surface area contributed by atoms with Gasteiger partial charge in [-0.15, -0.1) is 0 Å². The van der Waals surface area contributed by atoms with E-state index in [1.807, 2.05) is 0 Å². The van der Waals surface area contributed by atoms with Crippen molar-refractivity contribution in [2.24, 2.45) is 5.92 Å². The summed E-state index contributed by atoms with van der Waals surface area (Å²) in [6.07, 6.45) is 7.35. The highest BCUT2D eigenvalue weighted by Gasteiger charge is 2.28. The number of esters is 1. The first-order valence-electron chi connectivity index (χ1n) is 7.94. The molecular formula is C16H21ClN4O2. The second-order valence-corrected chi connectivity index (χ2v) is 6.39. The van der Waals surface area contributed by atoms with Gasteiger partial charge in [-0.25, -0.2) is 9.97 Å². The van der Waals surface area contributed by atoms with E-state index in [2.05, 4.69) is 26.7 Å². The minimum absolute atomic E-state index is 0.0419. The fourth-order valence-electron chi connectivity index (χ4n) is 3.20. The molecule has 1 aromatic heterocycles. The highest BCUT2D eigenvalue weighted by Crippen LogP contribution is 2.28. The lowest BCUT2D eigenvalue weighted by Crippen LogP contribution is -2.32. The van der Waals surface area contributed by atoms with Crippen LogP contribution in [0.4, 0.5) is 5.95 Å². The summed E-state index contributed by atoms with van der Waals surface area (Å²) >= 11 is 6.22. The topological polar surface area (TPSA) is 76.1 Å². The van der Waals surface area contributed by atoms with E-state index in [0.717, 1.165) is 50.0 Å². The second kappa shape index (κ2) is 7.27. The summed E-state index contributed by atoms with van der Waals surface area (Å²) in [5.74, 6) is 0.392. The van der Waals surface area contributed by atoms with Gasteiger partial charge in [0.25, 0.3) is 0 Å². The molecule has 2 aliphatic rings. The number of carbonyl (C=O) groups is 1. The Bertz CT molecular complexity index is 620. The molecule has 2 heterocycles. The van der Waals surface area contributed by atoms with Gasteiger partial charge in [0.15, 0.2) is 0 Å². The zero-order chi connectivity index (χ0) is 16.2. The van der Waals surface area contributed by atoms with Crippen molar-refractivity contribution in [2.45, 2.75) is 31.7 Å². The summed E-state index contributed by atoms with van der Waals surface area (Å²) < 4.78 is 4.86. The van der Waals surface area contributed by atoms with Gasteiger partial charge in [0.05, 0.1) is 29.9 Å². The molecular weight excluding hydrogens is 316 g/mol. The number of anilines is 1. The zero-order valence-corrected chi connectivity index (χ0v) is 13.9. The van der Waals surface area contributed by atoms with E-state index in [9.17, 15) is 4.79 Å². The molecule has 1 saturated carbocycles. The number of rotatable bonds is 4. The van der Waals surface area contributed by atoms with E-state index in [1.54, 1.807) is 6.20 Å². The molecule has 6 nitrogen and oxygen atoms in total. The van der Waals surface area contributed by atoms with Crippen molar-refractivity contribution >= 4 is 29.1 Å². The number of aromatic nitrogens is 2. The number of nitrogens with one attached hydrogen (secondary N) is 2. The van der Waals surface area contributed by atoms with Gasteiger partial charge in [0.2, 0.25) is 5.95 Å². The minimum atomic E-state index is -0.128. The van der Waals surface area contributed by atoms with Gasteiger partial charge < -0.3 is 15.4 Å². The number of ether oxygens (including phenoxy) is 1. The standard InChI is InChI=1S/C16H21ClN4O2/c1-23-15(22)10-3-2-4-12(7-10)20-16-19-9-13(17)14(21-16)11-5-6-18-8-11/h5,9-10,12,18H,2-4,6-8H2,1H3,(H,19,20,21)/t10-,12+/m0/s1. The highest BCUT2D eigenvalue weighted by atomic mass is 35.5. The van der Waals surface area contributed by atoms with Crippen LogP contribution in [0.15, 0.2) is 12.3 Å². The molecule has 0 aromatic carbocycles. The predicted octanol–water partition coefficient (Wildman–Crippen LogP) is 2.26. The maximum absolute atomic E-state index is 11.7. The van der Waals surface area contributed by atoms with Crippen LogP contribution in [0.25, 0.3) is 5.57 Å². The Kier molecular flexibility index (Phi) is 5.13. The molecule has 1 aliphatic heterocycles. The Morgan fingerprint density at radius 1 is 1.48 bits per heavy atom. The number of halogens is 1. The van der Waals surface area contributed by atoms with Crippen LogP contribution >= 0.6 is 11.6 Å². The van der Waals surface area contributed by atoms with Crippen LogP contribution in [-0.2, 0) is 9.53 Å². The zero-order valence-electron chi connectivity index (χ0n) is 13.1. The summed E-state index contributed by atoms with van der Waals surface area (Å²) in [5.41, 5.74) is 1.87. The second-order valence-electron chi connectivity index (χ2n) is 5.98. The normalized spacial score (nSPS) is 24.2. The molecule has 1 fully saturated rings. The molecule has 2 N–H and O–H groups in total. The van der Waals surface area contributed by atoms with Crippen LogP contribution in [0, 0.1) is 5.92 Å². The van der Waals surface area contributed by atoms with E-state index < -0.39 is 0 Å². The molecule has 7 heteroatoms. The smallest absolute Gasteiger partial charge is 0.308 e. The van der Waals surface area contributed by atoms with Crippen LogP contribution in [0.5, 0.6) is 0 Å². The molecule has 0 saturated heterocycles. The van der Waals surface area contributed by atoms with E-state index in [1.165, 1.54) is 7.11 Å². The van der Waals surface area contributed by atoms with Gasteiger partial charge in [0, 0.05) is 19.1 Å². The minimum Gasteiger partial charge on any atom is -0.469 e. The molecule has 0 amide bonds. The molecule has 3 rings (SSSR count). The summed E-state index contributed by atoms with van der Waals surface area (Å²) in [6, 6.07) is 0.178. The summed E-state index contributed by atoms with van der Waals surface area (Å²) in [7, 11) is 1.44. The van der Waals surface area contributed by atoms with Crippen molar-refractivity contribution in [1.29, 1.82) is 0 Å². The first-order chi connectivity index (χ1) is 11.2. The van der Waals surface area contributed by atoms with Crippen LogP contribution in [0.2, 0.25) is 5.02 Å². The number of hydrogen-bond donors (Lipinski definition) is 2. The Labute approximate surface area is 140 Å². The van der Waals surface area contributed by atoms with Gasteiger partial charge in [-0.3, -0.25) is 4.79 Å². The molecule has 0 bridgehead atoms. The van der Waals surface area contributed by atoms with Gasteiger partial charge in [-0.2, -0.15) is 0 Å². The molecule has 0 unspecified atom stereocenters. The van der Waals surface area contributed by atoms with Crippen molar-refractivity contribution in [3.05, 3.63) is 23.0 Å². The Hall–Kier alpha value is -1.66. The predicted molar refractivity (Wildman–Crippen MR) is 89.3 cm³/mol. The maximum atomic E-state index is 11.7. The monoisotopic (exact) mass is 336 g/mol. The molecule has 2 atom stereocenters. The van der Waals surface area contributed by atoms with Crippen LogP contribution in [-0.4, -0.2) is 42.2 Å². The van der Waals surface area contributed by atoms with Crippen molar-refractivity contribution in [2.75, 3.05) is 25.5 Å². The van der Waals surface area contributed by atoms with Crippen LogP contribution in [0.1, 0.15) is 31.4 Å². The summed E-state index contributed by atoms with van der Waals surface area (Å²) in [5, 5.41) is 7.14. The number of hydrogen-bond acceptors (Lipinski definition) is 6. The molecule has 1 aliphatic carbocycles. The van der Waals surface area contributed by atoms with Gasteiger partial charge in [0.1, 0.15) is 0 Å². The van der Waals surface area contributed by atoms with Crippen LogP contribution < -0.4 is 10.6 Å². The third-order valence-electron chi connectivity index (χ3n) is 4.40. The largest absolute Gasteiger partial charge is 0.469 e. The van der Waals surface area contributed by atoms with E-state index >= 15 is 0 Å². The molecule has 23 heavy (non-hydrogen) atoms. The lowest BCUT2D eigenvalue weighted by molar-refractivity contribution is -0.146. The van der Waals surface area contributed by atoms with Gasteiger partial charge in [-0.1, -0.05) is 24.1 Å². The Morgan fingerprint density at radius 2 is 2.35 bits per heavy atom. The van der Waals surface area contributed by atoms with Crippen molar-refractivity contribution < 1.29 is 9.53 Å². The molecule has 0 spiro atoms. The molecule has 124 valence electrons. The molecule has 1 aromatic rings. The number of methoxy groups -OCH3 is 1. The summed E-state index contributed by atoms with van der Waals surface area (Å²) in [4.78, 5) is 20.6. The third-order valence-corrected chi connectivity index (χ3v) is 4.68. The fourth-order valence-corrected chi connectivity index (χ4v) is 3.41. The SMILES string of the molecule is COC(=O)[C@H]1CCC[C@@H](Nc2ncc(Cl)c(C3=CCNC3)n2)C1. The summed E-state index contributed by atoms with van der Waals surface area (Å²) in [6.45, 7) is 1.60. The van der Waals surface area contributed by atoms with E-state index in [-0.39, 0.29) is 17.9 Å². The maximum Gasteiger partial charge on any atom is 0.308 e. The lowest BCUT2D eigenvalue weighted by Gasteiger charge is -2.28. The number of nitrogens with zero attached hydrogens (tertiary/aromatic N) is 2. The average Bonchev–Trinajstić information content (AvgIpc) is 3.10. The average molecular weight is 337 g/mol. The quantitative estimate of drug-likeness (QED) is 0.821. The molecule has 0 radical (unpaired) electrons. The highest BCUT2D eigenvalue weighted by molar-refractivity contribution is 6.32.